The van der Waals surface area contributed by atoms with Crippen LogP contribution in [0.1, 0.15) is 56.9 Å². The fourth-order valence-corrected chi connectivity index (χ4v) is 6.49. The monoisotopic (exact) mass is 568 g/mol. The van der Waals surface area contributed by atoms with Gasteiger partial charge in [-0.15, -0.1) is 0 Å². The SMILES string of the molecule is Cc1ccc(OCC(=O)N2CCC(N3CCN(CC(=O)NC4CCCCC4)CC3)CC2)cc1N1CCC(=O)NC1=O. The summed E-state index contributed by atoms with van der Waals surface area (Å²) in [6, 6.07) is 5.78. The minimum Gasteiger partial charge on any atom is -0.484 e. The Morgan fingerprint density at radius 1 is 0.951 bits per heavy atom. The number of carbonyl (C=O) groups is 4. The summed E-state index contributed by atoms with van der Waals surface area (Å²) in [4.78, 5) is 57.4. The molecule has 5 rings (SSSR count). The molecule has 0 bridgehead atoms. The number of piperazine rings is 1. The van der Waals surface area contributed by atoms with Crippen molar-refractivity contribution in [3.05, 3.63) is 23.8 Å². The molecule has 3 aliphatic heterocycles. The zero-order valence-electron chi connectivity index (χ0n) is 24.2. The predicted molar refractivity (Wildman–Crippen MR) is 155 cm³/mol. The van der Waals surface area contributed by atoms with E-state index in [1.165, 1.54) is 24.2 Å². The zero-order valence-corrected chi connectivity index (χ0v) is 24.2. The first kappa shape index (κ1) is 29.3. The van der Waals surface area contributed by atoms with Crippen LogP contribution in [0.3, 0.4) is 0 Å². The number of carbonyl (C=O) groups excluding carboxylic acids is 4. The highest BCUT2D eigenvalue weighted by molar-refractivity contribution is 6.06. The van der Waals surface area contributed by atoms with Crippen LogP contribution in [0.25, 0.3) is 0 Å². The van der Waals surface area contributed by atoms with Crippen LogP contribution < -0.4 is 20.3 Å². The maximum absolute atomic E-state index is 12.9. The Balaban J connectivity index is 1.02. The van der Waals surface area contributed by atoms with Crippen molar-refractivity contribution in [3.63, 3.8) is 0 Å². The fraction of sp³-hybridized carbons (Fsp3) is 0.667. The van der Waals surface area contributed by atoms with Gasteiger partial charge in [0.05, 0.1) is 12.2 Å². The molecule has 3 heterocycles. The normalized spacial score (nSPS) is 22.0. The number of nitrogens with one attached hydrogen (secondary N) is 2. The van der Waals surface area contributed by atoms with Crippen LogP contribution in [0.5, 0.6) is 5.75 Å². The van der Waals surface area contributed by atoms with Gasteiger partial charge in [0.25, 0.3) is 5.91 Å². The lowest BCUT2D eigenvalue weighted by atomic mass is 9.95. The number of benzene rings is 1. The summed E-state index contributed by atoms with van der Waals surface area (Å²) in [5.41, 5.74) is 1.56. The Labute approximate surface area is 242 Å². The van der Waals surface area contributed by atoms with Gasteiger partial charge in [0.2, 0.25) is 11.8 Å². The second-order valence-corrected chi connectivity index (χ2v) is 11.8. The van der Waals surface area contributed by atoms with Crippen molar-refractivity contribution in [2.24, 2.45) is 0 Å². The molecule has 1 aromatic rings. The first-order valence-electron chi connectivity index (χ1n) is 15.2. The molecule has 5 amide bonds. The van der Waals surface area contributed by atoms with Crippen molar-refractivity contribution in [3.8, 4) is 5.75 Å². The number of hydrogen-bond donors (Lipinski definition) is 2. The van der Waals surface area contributed by atoms with Gasteiger partial charge >= 0.3 is 6.03 Å². The number of piperidine rings is 1. The van der Waals surface area contributed by atoms with Crippen LogP contribution in [0.4, 0.5) is 10.5 Å². The van der Waals surface area contributed by atoms with E-state index >= 15 is 0 Å². The van der Waals surface area contributed by atoms with Crippen LogP contribution in [0.15, 0.2) is 18.2 Å². The predicted octanol–water partition coefficient (Wildman–Crippen LogP) is 1.88. The molecule has 11 nitrogen and oxygen atoms in total. The largest absolute Gasteiger partial charge is 0.484 e. The Morgan fingerprint density at radius 3 is 2.39 bits per heavy atom. The molecule has 11 heteroatoms. The average Bonchev–Trinajstić information content (AvgIpc) is 2.98. The number of amides is 5. The van der Waals surface area contributed by atoms with Crippen LogP contribution in [0.2, 0.25) is 0 Å². The molecule has 4 fully saturated rings. The first-order valence-corrected chi connectivity index (χ1v) is 15.2. The summed E-state index contributed by atoms with van der Waals surface area (Å²) in [5, 5.41) is 5.57. The highest BCUT2D eigenvalue weighted by atomic mass is 16.5. The molecular weight excluding hydrogens is 524 g/mol. The highest BCUT2D eigenvalue weighted by Gasteiger charge is 2.30. The lowest BCUT2D eigenvalue weighted by molar-refractivity contribution is -0.135. The summed E-state index contributed by atoms with van der Waals surface area (Å²) in [5.74, 6) is 0.362. The molecule has 41 heavy (non-hydrogen) atoms. The van der Waals surface area contributed by atoms with E-state index in [4.69, 9.17) is 4.74 Å². The molecule has 0 radical (unpaired) electrons. The van der Waals surface area contributed by atoms with Crippen molar-refractivity contribution in [1.82, 2.24) is 25.3 Å². The van der Waals surface area contributed by atoms with Crippen molar-refractivity contribution in [2.75, 3.05) is 63.9 Å². The van der Waals surface area contributed by atoms with Gasteiger partial charge < -0.3 is 15.0 Å². The third kappa shape index (κ3) is 7.77. The van der Waals surface area contributed by atoms with Gasteiger partial charge in [0, 0.05) is 70.4 Å². The molecule has 0 spiro atoms. The fourth-order valence-electron chi connectivity index (χ4n) is 6.49. The van der Waals surface area contributed by atoms with Gasteiger partial charge in [-0.3, -0.25) is 34.4 Å². The molecule has 0 unspecified atom stereocenters. The van der Waals surface area contributed by atoms with Crippen molar-refractivity contribution < 1.29 is 23.9 Å². The lowest BCUT2D eigenvalue weighted by Crippen LogP contribution is -2.55. The Kier molecular flexibility index (Phi) is 9.76. The number of likely N-dealkylation sites (tertiary alicyclic amines) is 1. The molecule has 0 atom stereocenters. The zero-order chi connectivity index (χ0) is 28.8. The van der Waals surface area contributed by atoms with E-state index < -0.39 is 6.03 Å². The molecule has 3 saturated heterocycles. The minimum atomic E-state index is -0.443. The van der Waals surface area contributed by atoms with E-state index in [9.17, 15) is 19.2 Å². The third-order valence-electron chi connectivity index (χ3n) is 8.97. The average molecular weight is 569 g/mol. The molecule has 1 saturated carbocycles. The summed E-state index contributed by atoms with van der Waals surface area (Å²) < 4.78 is 5.83. The quantitative estimate of drug-likeness (QED) is 0.492. The maximum atomic E-state index is 12.9. The smallest absolute Gasteiger partial charge is 0.328 e. The Bertz CT molecular complexity index is 1110. The molecule has 224 valence electrons. The Morgan fingerprint density at radius 2 is 1.68 bits per heavy atom. The number of imide groups is 1. The highest BCUT2D eigenvalue weighted by Crippen LogP contribution is 2.27. The number of urea groups is 1. The van der Waals surface area contributed by atoms with Gasteiger partial charge in [0.1, 0.15) is 5.75 Å². The van der Waals surface area contributed by atoms with Gasteiger partial charge in [-0.1, -0.05) is 25.3 Å². The van der Waals surface area contributed by atoms with E-state index in [1.807, 2.05) is 17.9 Å². The Hall–Kier alpha value is -3.18. The van der Waals surface area contributed by atoms with Crippen LogP contribution in [-0.2, 0) is 14.4 Å². The van der Waals surface area contributed by atoms with Crippen LogP contribution >= 0.6 is 0 Å². The lowest BCUT2D eigenvalue weighted by Gasteiger charge is -2.42. The summed E-state index contributed by atoms with van der Waals surface area (Å²) >= 11 is 0. The maximum Gasteiger partial charge on any atom is 0.328 e. The van der Waals surface area contributed by atoms with Gasteiger partial charge in [-0.2, -0.15) is 0 Å². The van der Waals surface area contributed by atoms with Crippen molar-refractivity contribution >= 4 is 29.4 Å². The van der Waals surface area contributed by atoms with Crippen molar-refractivity contribution in [2.45, 2.75) is 70.4 Å². The molecule has 2 N–H and O–H groups in total. The van der Waals surface area contributed by atoms with E-state index in [2.05, 4.69) is 20.4 Å². The standard InChI is InChI=1S/C30H44N6O5/c1-22-7-8-25(19-26(22)36-14-11-27(37)32-30(36)40)41-21-29(39)35-12-9-24(10-13-35)34-17-15-33(16-18-34)20-28(38)31-23-5-3-2-4-6-23/h7-8,19,23-24H,2-6,9-18,20-21H2,1H3,(H,31,38)(H,32,37,40). The van der Waals surface area contributed by atoms with E-state index in [-0.39, 0.29) is 30.7 Å². The molecule has 0 aromatic heterocycles. The molecule has 1 aliphatic carbocycles. The number of hydrogen-bond acceptors (Lipinski definition) is 7. The summed E-state index contributed by atoms with van der Waals surface area (Å²) in [7, 11) is 0. The minimum absolute atomic E-state index is 0.0410. The number of anilines is 1. The number of aryl methyl sites for hydroxylation is 1. The molecule has 1 aromatic carbocycles. The van der Waals surface area contributed by atoms with Crippen LogP contribution in [-0.4, -0.2) is 110 Å². The van der Waals surface area contributed by atoms with Gasteiger partial charge in [-0.25, -0.2) is 4.79 Å². The third-order valence-corrected chi connectivity index (χ3v) is 8.97. The summed E-state index contributed by atoms with van der Waals surface area (Å²) in [6.45, 7) is 7.77. The van der Waals surface area contributed by atoms with Gasteiger partial charge in [-0.05, 0) is 44.2 Å². The summed E-state index contributed by atoms with van der Waals surface area (Å²) in [6.07, 6.45) is 8.08. The molecule has 4 aliphatic rings. The van der Waals surface area contributed by atoms with E-state index in [0.29, 0.717) is 49.7 Å². The van der Waals surface area contributed by atoms with Crippen LogP contribution in [0, 0.1) is 6.92 Å². The first-order chi connectivity index (χ1) is 19.9. The molecular formula is C30H44N6O5. The second-order valence-electron chi connectivity index (χ2n) is 11.8. The van der Waals surface area contributed by atoms with Crippen molar-refractivity contribution in [1.29, 1.82) is 0 Å². The van der Waals surface area contributed by atoms with E-state index in [0.717, 1.165) is 57.4 Å². The topological polar surface area (TPSA) is 115 Å². The van der Waals surface area contributed by atoms with E-state index in [1.54, 1.807) is 12.1 Å². The number of rotatable bonds is 8. The number of ether oxygens (including phenoxy) is 1. The number of nitrogens with zero attached hydrogens (tertiary/aromatic N) is 4. The second kappa shape index (κ2) is 13.7. The van der Waals surface area contributed by atoms with Gasteiger partial charge in [0.15, 0.2) is 6.61 Å².